The summed E-state index contributed by atoms with van der Waals surface area (Å²) in [5.41, 5.74) is 1.03. The van der Waals surface area contributed by atoms with E-state index in [1.165, 1.54) is 24.3 Å². The molecule has 0 fully saturated rings. The lowest BCUT2D eigenvalue weighted by Gasteiger charge is -2.12. The zero-order chi connectivity index (χ0) is 13.1. The van der Waals surface area contributed by atoms with Crippen molar-refractivity contribution in [2.45, 2.75) is 12.5 Å². The lowest BCUT2D eigenvalue weighted by atomic mass is 10.0. The molecule has 18 heavy (non-hydrogen) atoms. The molecule has 0 aromatic heterocycles. The van der Waals surface area contributed by atoms with E-state index in [1.807, 2.05) is 0 Å². The van der Waals surface area contributed by atoms with Crippen molar-refractivity contribution < 1.29 is 14.6 Å². The fourth-order valence-corrected chi connectivity index (χ4v) is 1.90. The molecular formula is C14H12ClFO2. The van der Waals surface area contributed by atoms with Crippen LogP contribution in [0, 0.1) is 5.82 Å². The number of hydrogen-bond donors (Lipinski definition) is 2. The van der Waals surface area contributed by atoms with Crippen LogP contribution in [0.15, 0.2) is 42.5 Å². The Balaban J connectivity index is 2.16. The van der Waals surface area contributed by atoms with Crippen LogP contribution in [-0.4, -0.2) is 10.2 Å². The van der Waals surface area contributed by atoms with E-state index < -0.39 is 11.9 Å². The SMILES string of the molecule is Oc1ccc(CC(O)c2ccc(Cl)cc2F)cc1. The molecule has 2 N–H and O–H groups in total. The van der Waals surface area contributed by atoms with Gasteiger partial charge in [0, 0.05) is 17.0 Å². The number of aromatic hydroxyl groups is 1. The predicted octanol–water partition coefficient (Wildman–Crippen LogP) is 3.46. The summed E-state index contributed by atoms with van der Waals surface area (Å²) in [5, 5.41) is 19.4. The van der Waals surface area contributed by atoms with Crippen LogP contribution in [-0.2, 0) is 6.42 Å². The molecule has 0 saturated heterocycles. The van der Waals surface area contributed by atoms with Crippen molar-refractivity contribution >= 4 is 11.6 Å². The quantitative estimate of drug-likeness (QED) is 0.893. The highest BCUT2D eigenvalue weighted by Gasteiger charge is 2.13. The summed E-state index contributed by atoms with van der Waals surface area (Å²) in [6.45, 7) is 0. The van der Waals surface area contributed by atoms with Crippen LogP contribution in [0.4, 0.5) is 4.39 Å². The largest absolute Gasteiger partial charge is 0.508 e. The number of hydrogen-bond acceptors (Lipinski definition) is 2. The van der Waals surface area contributed by atoms with Crippen LogP contribution in [0.1, 0.15) is 17.2 Å². The summed E-state index contributed by atoms with van der Waals surface area (Å²) in [6, 6.07) is 10.6. The first-order chi connectivity index (χ1) is 8.56. The van der Waals surface area contributed by atoms with Crippen LogP contribution in [0.5, 0.6) is 5.75 Å². The fraction of sp³-hybridized carbons (Fsp3) is 0.143. The number of aliphatic hydroxyl groups is 1. The third kappa shape index (κ3) is 3.00. The van der Waals surface area contributed by atoms with Crippen LogP contribution >= 0.6 is 11.6 Å². The molecule has 2 aromatic carbocycles. The first-order valence-corrected chi connectivity index (χ1v) is 5.85. The summed E-state index contributed by atoms with van der Waals surface area (Å²) >= 11 is 5.65. The molecule has 0 aliphatic carbocycles. The van der Waals surface area contributed by atoms with Crippen molar-refractivity contribution in [1.29, 1.82) is 0 Å². The van der Waals surface area contributed by atoms with Gasteiger partial charge in [-0.3, -0.25) is 0 Å². The molecule has 2 rings (SSSR count). The van der Waals surface area contributed by atoms with Crippen LogP contribution in [0.2, 0.25) is 5.02 Å². The van der Waals surface area contributed by atoms with Crippen LogP contribution < -0.4 is 0 Å². The zero-order valence-corrected chi connectivity index (χ0v) is 10.2. The topological polar surface area (TPSA) is 40.5 Å². The molecule has 0 aliphatic rings. The Bertz CT molecular complexity index is 540. The molecule has 1 atom stereocenters. The van der Waals surface area contributed by atoms with E-state index in [-0.39, 0.29) is 17.7 Å². The van der Waals surface area contributed by atoms with Gasteiger partial charge in [-0.15, -0.1) is 0 Å². The molecule has 0 heterocycles. The molecule has 4 heteroatoms. The lowest BCUT2D eigenvalue weighted by molar-refractivity contribution is 0.173. The first kappa shape index (κ1) is 12.9. The van der Waals surface area contributed by atoms with Crippen LogP contribution in [0.25, 0.3) is 0 Å². The lowest BCUT2D eigenvalue weighted by Crippen LogP contribution is -2.04. The Morgan fingerprint density at radius 2 is 1.78 bits per heavy atom. The maximum atomic E-state index is 13.6. The van der Waals surface area contributed by atoms with Crippen molar-refractivity contribution in [3.8, 4) is 5.75 Å². The van der Waals surface area contributed by atoms with Gasteiger partial charge >= 0.3 is 0 Å². The van der Waals surface area contributed by atoms with Gasteiger partial charge in [-0.25, -0.2) is 4.39 Å². The van der Waals surface area contributed by atoms with Crippen LogP contribution in [0.3, 0.4) is 0 Å². The predicted molar refractivity (Wildman–Crippen MR) is 68.2 cm³/mol. The smallest absolute Gasteiger partial charge is 0.130 e. The highest BCUT2D eigenvalue weighted by Crippen LogP contribution is 2.24. The van der Waals surface area contributed by atoms with Gasteiger partial charge in [-0.05, 0) is 29.8 Å². The van der Waals surface area contributed by atoms with Gasteiger partial charge in [0.15, 0.2) is 0 Å². The number of aliphatic hydroxyl groups excluding tert-OH is 1. The average molecular weight is 267 g/mol. The van der Waals surface area contributed by atoms with Gasteiger partial charge < -0.3 is 10.2 Å². The van der Waals surface area contributed by atoms with E-state index in [1.54, 1.807) is 18.2 Å². The number of benzene rings is 2. The van der Waals surface area contributed by atoms with Gasteiger partial charge in [0.25, 0.3) is 0 Å². The van der Waals surface area contributed by atoms with E-state index in [2.05, 4.69) is 0 Å². The molecule has 1 unspecified atom stereocenters. The molecule has 94 valence electrons. The Morgan fingerprint density at radius 3 is 2.39 bits per heavy atom. The van der Waals surface area contributed by atoms with E-state index in [0.29, 0.717) is 5.02 Å². The van der Waals surface area contributed by atoms with E-state index >= 15 is 0 Å². The summed E-state index contributed by atoms with van der Waals surface area (Å²) in [6.07, 6.45) is -0.662. The van der Waals surface area contributed by atoms with Gasteiger partial charge in [-0.2, -0.15) is 0 Å². The summed E-state index contributed by atoms with van der Waals surface area (Å²) < 4.78 is 13.6. The minimum absolute atomic E-state index is 0.158. The third-order valence-electron chi connectivity index (χ3n) is 2.69. The number of phenolic OH excluding ortho intramolecular Hbond substituents is 1. The van der Waals surface area contributed by atoms with Gasteiger partial charge in [-0.1, -0.05) is 29.8 Å². The van der Waals surface area contributed by atoms with Crippen molar-refractivity contribution in [3.05, 3.63) is 64.4 Å². The Kier molecular flexibility index (Phi) is 3.84. The molecular weight excluding hydrogens is 255 g/mol. The van der Waals surface area contributed by atoms with Crippen molar-refractivity contribution in [3.63, 3.8) is 0 Å². The molecule has 2 nitrogen and oxygen atoms in total. The number of rotatable bonds is 3. The normalized spacial score (nSPS) is 12.4. The van der Waals surface area contributed by atoms with Gasteiger partial charge in [0.1, 0.15) is 11.6 Å². The minimum atomic E-state index is -0.938. The standard InChI is InChI=1S/C14H12ClFO2/c15-10-3-6-12(13(16)8-10)14(18)7-9-1-4-11(17)5-2-9/h1-6,8,14,17-18H,7H2. The maximum Gasteiger partial charge on any atom is 0.130 e. The van der Waals surface area contributed by atoms with E-state index in [0.717, 1.165) is 5.56 Å². The summed E-state index contributed by atoms with van der Waals surface area (Å²) in [5.74, 6) is -0.361. The highest BCUT2D eigenvalue weighted by atomic mass is 35.5. The van der Waals surface area contributed by atoms with E-state index in [4.69, 9.17) is 16.7 Å². The minimum Gasteiger partial charge on any atom is -0.508 e. The number of phenols is 1. The molecule has 0 spiro atoms. The molecule has 0 saturated carbocycles. The molecule has 2 aromatic rings. The second-order valence-electron chi connectivity index (χ2n) is 4.05. The first-order valence-electron chi connectivity index (χ1n) is 5.47. The molecule has 0 radical (unpaired) electrons. The maximum absolute atomic E-state index is 13.6. The molecule has 0 aliphatic heterocycles. The summed E-state index contributed by atoms with van der Waals surface area (Å²) in [7, 11) is 0. The second-order valence-corrected chi connectivity index (χ2v) is 4.49. The van der Waals surface area contributed by atoms with E-state index in [9.17, 15) is 9.50 Å². The van der Waals surface area contributed by atoms with Gasteiger partial charge in [0.2, 0.25) is 0 Å². The molecule has 0 amide bonds. The van der Waals surface area contributed by atoms with Crippen molar-refractivity contribution in [2.75, 3.05) is 0 Å². The van der Waals surface area contributed by atoms with Gasteiger partial charge in [0.05, 0.1) is 6.10 Å². The average Bonchev–Trinajstić information content (AvgIpc) is 2.32. The summed E-state index contributed by atoms with van der Waals surface area (Å²) in [4.78, 5) is 0. The zero-order valence-electron chi connectivity index (χ0n) is 9.48. The Morgan fingerprint density at radius 1 is 1.11 bits per heavy atom. The monoisotopic (exact) mass is 266 g/mol. The van der Waals surface area contributed by atoms with Crippen molar-refractivity contribution in [1.82, 2.24) is 0 Å². The second kappa shape index (κ2) is 5.38. The Hall–Kier alpha value is -1.58. The third-order valence-corrected chi connectivity index (χ3v) is 2.92. The molecule has 0 bridgehead atoms. The van der Waals surface area contributed by atoms with Crippen molar-refractivity contribution in [2.24, 2.45) is 0 Å². The Labute approximate surface area is 109 Å². The fourth-order valence-electron chi connectivity index (χ4n) is 1.74. The number of halogens is 2. The highest BCUT2D eigenvalue weighted by molar-refractivity contribution is 6.30.